The second kappa shape index (κ2) is 9.65. The van der Waals surface area contributed by atoms with E-state index in [1.54, 1.807) is 12.1 Å². The first kappa shape index (κ1) is 21.0. The van der Waals surface area contributed by atoms with Gasteiger partial charge >= 0.3 is 0 Å². The molecule has 1 fully saturated rings. The minimum atomic E-state index is -0.234. The Balaban J connectivity index is 1.66. The second-order valence-electron chi connectivity index (χ2n) is 7.52. The molecule has 1 saturated heterocycles. The van der Waals surface area contributed by atoms with E-state index in [0.717, 1.165) is 31.2 Å². The monoisotopic (exact) mass is 398 g/mol. The zero-order valence-corrected chi connectivity index (χ0v) is 17.7. The van der Waals surface area contributed by atoms with Crippen molar-refractivity contribution < 1.29 is 19.0 Å². The molecule has 1 heterocycles. The van der Waals surface area contributed by atoms with E-state index in [9.17, 15) is 4.79 Å². The highest BCUT2D eigenvalue weighted by atomic mass is 16.5. The number of anilines is 1. The van der Waals surface area contributed by atoms with Crippen LogP contribution in [0.25, 0.3) is 0 Å². The summed E-state index contributed by atoms with van der Waals surface area (Å²) in [6.07, 6.45) is 2.53. The third-order valence-corrected chi connectivity index (χ3v) is 5.42. The first-order chi connectivity index (χ1) is 14.0. The van der Waals surface area contributed by atoms with E-state index < -0.39 is 0 Å². The highest BCUT2D eigenvalue weighted by Crippen LogP contribution is 2.38. The maximum atomic E-state index is 12.7. The molecule has 0 aliphatic carbocycles. The van der Waals surface area contributed by atoms with Gasteiger partial charge in [0.25, 0.3) is 5.91 Å². The Kier molecular flexibility index (Phi) is 6.99. The van der Waals surface area contributed by atoms with Crippen LogP contribution in [0, 0.1) is 5.92 Å². The van der Waals surface area contributed by atoms with Crippen LogP contribution in [0.15, 0.2) is 36.4 Å². The fourth-order valence-electron chi connectivity index (χ4n) is 3.59. The van der Waals surface area contributed by atoms with E-state index in [2.05, 4.69) is 29.3 Å². The first-order valence-corrected chi connectivity index (χ1v) is 9.96. The van der Waals surface area contributed by atoms with Gasteiger partial charge in [-0.3, -0.25) is 9.69 Å². The van der Waals surface area contributed by atoms with Gasteiger partial charge in [-0.25, -0.2) is 0 Å². The summed E-state index contributed by atoms with van der Waals surface area (Å²) in [7, 11) is 4.59. The molecule has 6 nitrogen and oxygen atoms in total. The Labute approximate surface area is 172 Å². The lowest BCUT2D eigenvalue weighted by Crippen LogP contribution is -2.32. The summed E-state index contributed by atoms with van der Waals surface area (Å²) in [5, 5.41) is 2.93. The van der Waals surface area contributed by atoms with Crippen LogP contribution in [0.1, 0.15) is 35.7 Å². The third kappa shape index (κ3) is 5.21. The van der Waals surface area contributed by atoms with Crippen molar-refractivity contribution in [3.05, 3.63) is 47.5 Å². The maximum Gasteiger partial charge on any atom is 0.255 e. The highest BCUT2D eigenvalue weighted by Gasteiger charge is 2.18. The highest BCUT2D eigenvalue weighted by molar-refractivity contribution is 6.05. The number of methoxy groups -OCH3 is 3. The number of benzene rings is 2. The summed E-state index contributed by atoms with van der Waals surface area (Å²) in [6, 6.07) is 11.3. The van der Waals surface area contributed by atoms with Crippen molar-refractivity contribution in [3.63, 3.8) is 0 Å². The van der Waals surface area contributed by atoms with E-state index >= 15 is 0 Å². The zero-order chi connectivity index (χ0) is 20.8. The average molecular weight is 399 g/mol. The molecule has 0 aromatic heterocycles. The van der Waals surface area contributed by atoms with E-state index in [1.807, 2.05) is 12.1 Å². The van der Waals surface area contributed by atoms with Crippen molar-refractivity contribution in [1.29, 1.82) is 0 Å². The van der Waals surface area contributed by atoms with Crippen molar-refractivity contribution in [2.75, 3.05) is 39.7 Å². The molecule has 2 aromatic carbocycles. The normalized spacial score (nSPS) is 15.0. The number of nitrogens with zero attached hydrogens (tertiary/aromatic N) is 1. The van der Waals surface area contributed by atoms with E-state index in [4.69, 9.17) is 14.2 Å². The molecule has 156 valence electrons. The van der Waals surface area contributed by atoms with Crippen LogP contribution in [0.4, 0.5) is 5.69 Å². The number of nitrogens with one attached hydrogen (secondary N) is 1. The van der Waals surface area contributed by atoms with Gasteiger partial charge in [0.05, 0.1) is 21.3 Å². The molecule has 2 aromatic rings. The molecule has 29 heavy (non-hydrogen) atoms. The van der Waals surface area contributed by atoms with Gasteiger partial charge in [-0.1, -0.05) is 19.1 Å². The summed E-state index contributed by atoms with van der Waals surface area (Å²) in [6.45, 7) is 5.58. The molecule has 3 rings (SSSR count). The van der Waals surface area contributed by atoms with Gasteiger partial charge in [-0.05, 0) is 61.7 Å². The SMILES string of the molecule is COc1cc(C(=O)Nc2ccc(CN3CCC(C)CC3)cc2)cc(OC)c1OC. The Hall–Kier alpha value is -2.73. The molecule has 1 N–H and O–H groups in total. The molecule has 0 saturated carbocycles. The Morgan fingerprint density at radius 2 is 1.59 bits per heavy atom. The number of carbonyl (C=O) groups excluding carboxylic acids is 1. The second-order valence-corrected chi connectivity index (χ2v) is 7.52. The summed E-state index contributed by atoms with van der Waals surface area (Å²) < 4.78 is 16.0. The van der Waals surface area contributed by atoms with Crippen molar-refractivity contribution in [3.8, 4) is 17.2 Å². The standard InChI is InChI=1S/C23H30N2O4/c1-16-9-11-25(12-10-16)15-17-5-7-19(8-6-17)24-23(26)18-13-20(27-2)22(29-4)21(14-18)28-3/h5-8,13-14,16H,9-12,15H2,1-4H3,(H,24,26). The summed E-state index contributed by atoms with van der Waals surface area (Å²) >= 11 is 0. The topological polar surface area (TPSA) is 60.0 Å². The molecule has 1 aliphatic rings. The number of amides is 1. The van der Waals surface area contributed by atoms with Gasteiger partial charge in [0.1, 0.15) is 0 Å². The summed E-state index contributed by atoms with van der Waals surface area (Å²) in [5.41, 5.74) is 2.44. The number of carbonyl (C=O) groups is 1. The van der Waals surface area contributed by atoms with Crippen molar-refractivity contribution in [1.82, 2.24) is 4.90 Å². The van der Waals surface area contributed by atoms with Crippen molar-refractivity contribution >= 4 is 11.6 Å². The molecule has 0 radical (unpaired) electrons. The zero-order valence-electron chi connectivity index (χ0n) is 17.7. The van der Waals surface area contributed by atoms with Crippen LogP contribution in [-0.2, 0) is 6.54 Å². The lowest BCUT2D eigenvalue weighted by atomic mass is 9.99. The quantitative estimate of drug-likeness (QED) is 0.758. The molecule has 0 bridgehead atoms. The molecule has 1 aliphatic heterocycles. The van der Waals surface area contributed by atoms with E-state index in [-0.39, 0.29) is 5.91 Å². The van der Waals surface area contributed by atoms with Gasteiger partial charge in [-0.15, -0.1) is 0 Å². The smallest absolute Gasteiger partial charge is 0.255 e. The third-order valence-electron chi connectivity index (χ3n) is 5.42. The molecule has 0 spiro atoms. The van der Waals surface area contributed by atoms with E-state index in [1.165, 1.54) is 39.7 Å². The number of likely N-dealkylation sites (tertiary alicyclic amines) is 1. The van der Waals surface area contributed by atoms with Crippen LogP contribution < -0.4 is 19.5 Å². The molecular weight excluding hydrogens is 368 g/mol. The van der Waals surface area contributed by atoms with Crippen molar-refractivity contribution in [2.24, 2.45) is 5.92 Å². The van der Waals surface area contributed by atoms with Gasteiger partial charge in [0.15, 0.2) is 11.5 Å². The number of ether oxygens (including phenoxy) is 3. The van der Waals surface area contributed by atoms with Crippen molar-refractivity contribution in [2.45, 2.75) is 26.3 Å². The largest absolute Gasteiger partial charge is 0.493 e. The van der Waals surface area contributed by atoms with Crippen LogP contribution in [0.2, 0.25) is 0 Å². The predicted octanol–water partition coefficient (Wildman–Crippen LogP) is 4.20. The summed E-state index contributed by atoms with van der Waals surface area (Å²) in [5.74, 6) is 1.95. The molecule has 6 heteroatoms. The van der Waals surface area contributed by atoms with Crippen LogP contribution in [0.3, 0.4) is 0 Å². The minimum absolute atomic E-state index is 0.234. The van der Waals surface area contributed by atoms with E-state index in [0.29, 0.717) is 22.8 Å². The number of piperidine rings is 1. The lowest BCUT2D eigenvalue weighted by molar-refractivity contribution is 0.102. The van der Waals surface area contributed by atoms with Gasteiger partial charge in [0, 0.05) is 17.8 Å². The summed E-state index contributed by atoms with van der Waals surface area (Å²) in [4.78, 5) is 15.2. The number of rotatable bonds is 7. The van der Waals surface area contributed by atoms with Gasteiger partial charge in [0.2, 0.25) is 5.75 Å². The lowest BCUT2D eigenvalue weighted by Gasteiger charge is -2.30. The Morgan fingerprint density at radius 1 is 1.00 bits per heavy atom. The van der Waals surface area contributed by atoms with Crippen LogP contribution >= 0.6 is 0 Å². The molecule has 0 unspecified atom stereocenters. The minimum Gasteiger partial charge on any atom is -0.493 e. The fraction of sp³-hybridized carbons (Fsp3) is 0.435. The molecule has 0 atom stereocenters. The Bertz CT molecular complexity index is 802. The fourth-order valence-corrected chi connectivity index (χ4v) is 3.59. The van der Waals surface area contributed by atoms with Crippen LogP contribution in [-0.4, -0.2) is 45.2 Å². The molecule has 1 amide bonds. The number of hydrogen-bond donors (Lipinski definition) is 1. The van der Waals surface area contributed by atoms with Gasteiger partial charge < -0.3 is 19.5 Å². The average Bonchev–Trinajstić information content (AvgIpc) is 2.75. The van der Waals surface area contributed by atoms with Gasteiger partial charge in [-0.2, -0.15) is 0 Å². The Morgan fingerprint density at radius 3 is 2.10 bits per heavy atom. The molecular formula is C23H30N2O4. The predicted molar refractivity (Wildman–Crippen MR) is 114 cm³/mol. The van der Waals surface area contributed by atoms with Crippen LogP contribution in [0.5, 0.6) is 17.2 Å². The number of hydrogen-bond acceptors (Lipinski definition) is 5. The first-order valence-electron chi connectivity index (χ1n) is 9.96. The maximum absolute atomic E-state index is 12.7.